The highest BCUT2D eigenvalue weighted by atomic mass is 16.4. The Hall–Kier alpha value is -1.63. The predicted molar refractivity (Wildman–Crippen MR) is 65.7 cm³/mol. The van der Waals surface area contributed by atoms with Crippen LogP contribution >= 0.6 is 0 Å². The third kappa shape index (κ3) is 7.61. The molecular weight excluding hydrogens is 238 g/mol. The largest absolute Gasteiger partial charge is 0.481 e. The molecule has 7 nitrogen and oxygen atoms in total. The van der Waals surface area contributed by atoms with E-state index < -0.39 is 12.0 Å². The number of carboxylic acids is 1. The molecule has 0 fully saturated rings. The Balaban J connectivity index is 3.70. The van der Waals surface area contributed by atoms with Gasteiger partial charge in [0.25, 0.3) is 0 Å². The van der Waals surface area contributed by atoms with Gasteiger partial charge in [0.15, 0.2) is 0 Å². The number of hydrogen-bond donors (Lipinski definition) is 4. The van der Waals surface area contributed by atoms with Gasteiger partial charge in [-0.2, -0.15) is 0 Å². The molecule has 0 aliphatic carbocycles. The van der Waals surface area contributed by atoms with E-state index in [2.05, 4.69) is 10.6 Å². The van der Waals surface area contributed by atoms with Crippen molar-refractivity contribution >= 4 is 17.8 Å². The van der Waals surface area contributed by atoms with E-state index in [-0.39, 0.29) is 37.2 Å². The number of nitrogens with one attached hydrogen (secondary N) is 2. The Kier molecular flexibility index (Phi) is 7.69. The molecule has 0 heterocycles. The van der Waals surface area contributed by atoms with Crippen LogP contribution in [-0.4, -0.2) is 42.0 Å². The summed E-state index contributed by atoms with van der Waals surface area (Å²) in [5, 5.41) is 13.3. The third-order valence-electron chi connectivity index (χ3n) is 2.33. The molecule has 1 atom stereocenters. The molecule has 0 spiro atoms. The fourth-order valence-corrected chi connectivity index (χ4v) is 1.12. The van der Waals surface area contributed by atoms with E-state index in [4.69, 9.17) is 10.8 Å². The molecule has 0 aliphatic rings. The van der Waals surface area contributed by atoms with E-state index in [1.165, 1.54) is 0 Å². The highest BCUT2D eigenvalue weighted by Gasteiger charge is 2.17. The van der Waals surface area contributed by atoms with Crippen molar-refractivity contribution in [1.29, 1.82) is 0 Å². The lowest BCUT2D eigenvalue weighted by Crippen LogP contribution is -2.47. The molecule has 0 aromatic rings. The molecule has 0 unspecified atom stereocenters. The van der Waals surface area contributed by atoms with E-state index in [1.807, 2.05) is 13.8 Å². The monoisotopic (exact) mass is 259 g/mol. The molecule has 0 rings (SSSR count). The number of hydrogen-bond acceptors (Lipinski definition) is 4. The van der Waals surface area contributed by atoms with Crippen LogP contribution in [-0.2, 0) is 14.4 Å². The first-order valence-corrected chi connectivity index (χ1v) is 5.86. The highest BCUT2D eigenvalue weighted by molar-refractivity contribution is 5.87. The SMILES string of the molecule is CC(C)[C@H](N)C(=O)NCC(=O)NCCCC(=O)O. The standard InChI is InChI=1S/C11H21N3O4/c1-7(2)10(12)11(18)14-6-8(15)13-5-3-4-9(16)17/h7,10H,3-6,12H2,1-2H3,(H,13,15)(H,14,18)(H,16,17)/t10-/m0/s1. The summed E-state index contributed by atoms with van der Waals surface area (Å²) in [4.78, 5) is 32.9. The van der Waals surface area contributed by atoms with Gasteiger partial charge in [-0.3, -0.25) is 14.4 Å². The number of amides is 2. The molecule has 0 bridgehead atoms. The summed E-state index contributed by atoms with van der Waals surface area (Å²) in [6.07, 6.45) is 0.366. The molecule has 7 heteroatoms. The summed E-state index contributed by atoms with van der Waals surface area (Å²) in [7, 11) is 0. The Morgan fingerprint density at radius 2 is 1.83 bits per heavy atom. The maximum atomic E-state index is 11.4. The van der Waals surface area contributed by atoms with Crippen molar-refractivity contribution in [3.8, 4) is 0 Å². The van der Waals surface area contributed by atoms with E-state index in [0.29, 0.717) is 6.42 Å². The topological polar surface area (TPSA) is 122 Å². The van der Waals surface area contributed by atoms with Gasteiger partial charge in [-0.15, -0.1) is 0 Å². The fraction of sp³-hybridized carbons (Fsp3) is 0.727. The molecule has 104 valence electrons. The van der Waals surface area contributed by atoms with Gasteiger partial charge in [-0.1, -0.05) is 13.8 Å². The first kappa shape index (κ1) is 16.4. The summed E-state index contributed by atoms with van der Waals surface area (Å²) in [6, 6.07) is -0.634. The second-order valence-electron chi connectivity index (χ2n) is 4.33. The Morgan fingerprint density at radius 1 is 1.22 bits per heavy atom. The van der Waals surface area contributed by atoms with Crippen LogP contribution in [0.25, 0.3) is 0 Å². The minimum Gasteiger partial charge on any atom is -0.481 e. The van der Waals surface area contributed by atoms with Crippen molar-refractivity contribution in [2.24, 2.45) is 11.7 Å². The number of carbonyl (C=O) groups is 3. The lowest BCUT2D eigenvalue weighted by Gasteiger charge is -2.15. The van der Waals surface area contributed by atoms with Crippen molar-refractivity contribution in [3.63, 3.8) is 0 Å². The van der Waals surface area contributed by atoms with Crippen molar-refractivity contribution in [3.05, 3.63) is 0 Å². The van der Waals surface area contributed by atoms with Crippen LogP contribution in [0.1, 0.15) is 26.7 Å². The van der Waals surface area contributed by atoms with Crippen LogP contribution in [0.4, 0.5) is 0 Å². The molecule has 0 aromatic carbocycles. The van der Waals surface area contributed by atoms with Gasteiger partial charge < -0.3 is 21.5 Å². The van der Waals surface area contributed by atoms with Gasteiger partial charge in [0.1, 0.15) is 0 Å². The molecular formula is C11H21N3O4. The van der Waals surface area contributed by atoms with E-state index >= 15 is 0 Å². The van der Waals surface area contributed by atoms with Crippen LogP contribution in [0.3, 0.4) is 0 Å². The van der Waals surface area contributed by atoms with Gasteiger partial charge in [-0.25, -0.2) is 0 Å². The van der Waals surface area contributed by atoms with Gasteiger partial charge in [-0.05, 0) is 12.3 Å². The van der Waals surface area contributed by atoms with Crippen LogP contribution in [0.15, 0.2) is 0 Å². The third-order valence-corrected chi connectivity index (χ3v) is 2.33. The molecule has 5 N–H and O–H groups in total. The number of carbonyl (C=O) groups excluding carboxylic acids is 2. The van der Waals surface area contributed by atoms with Gasteiger partial charge in [0.05, 0.1) is 12.6 Å². The number of nitrogens with two attached hydrogens (primary N) is 1. The number of aliphatic carboxylic acids is 1. The van der Waals surface area contributed by atoms with E-state index in [0.717, 1.165) is 0 Å². The van der Waals surface area contributed by atoms with E-state index in [9.17, 15) is 14.4 Å². The quantitative estimate of drug-likeness (QED) is 0.419. The lowest BCUT2D eigenvalue weighted by atomic mass is 10.1. The fourth-order valence-electron chi connectivity index (χ4n) is 1.12. The average molecular weight is 259 g/mol. The molecule has 0 saturated heterocycles. The summed E-state index contributed by atoms with van der Waals surface area (Å²) < 4.78 is 0. The lowest BCUT2D eigenvalue weighted by molar-refractivity contribution is -0.137. The maximum Gasteiger partial charge on any atom is 0.303 e. The molecule has 0 saturated carbocycles. The first-order valence-electron chi connectivity index (χ1n) is 5.86. The van der Waals surface area contributed by atoms with Crippen molar-refractivity contribution in [2.45, 2.75) is 32.7 Å². The summed E-state index contributed by atoms with van der Waals surface area (Å²) in [5.41, 5.74) is 5.59. The Bertz CT molecular complexity index is 305. The predicted octanol–water partition coefficient (Wildman–Crippen LogP) is -0.933. The second-order valence-corrected chi connectivity index (χ2v) is 4.33. The zero-order chi connectivity index (χ0) is 14.1. The minimum absolute atomic E-state index is 0.00336. The first-order chi connectivity index (χ1) is 8.34. The van der Waals surface area contributed by atoms with Gasteiger partial charge in [0.2, 0.25) is 11.8 Å². The van der Waals surface area contributed by atoms with Crippen LogP contribution in [0.5, 0.6) is 0 Å². The van der Waals surface area contributed by atoms with Crippen molar-refractivity contribution in [1.82, 2.24) is 10.6 Å². The summed E-state index contributed by atoms with van der Waals surface area (Å²) in [6.45, 7) is 3.76. The van der Waals surface area contributed by atoms with E-state index in [1.54, 1.807) is 0 Å². The second kappa shape index (κ2) is 8.46. The Morgan fingerprint density at radius 3 is 2.33 bits per heavy atom. The van der Waals surface area contributed by atoms with Gasteiger partial charge >= 0.3 is 5.97 Å². The highest BCUT2D eigenvalue weighted by Crippen LogP contribution is 1.97. The molecule has 0 radical (unpaired) electrons. The van der Waals surface area contributed by atoms with Crippen molar-refractivity contribution < 1.29 is 19.5 Å². The zero-order valence-electron chi connectivity index (χ0n) is 10.7. The molecule has 0 aliphatic heterocycles. The van der Waals surface area contributed by atoms with Gasteiger partial charge in [0, 0.05) is 13.0 Å². The van der Waals surface area contributed by atoms with Crippen LogP contribution in [0.2, 0.25) is 0 Å². The van der Waals surface area contributed by atoms with Crippen molar-refractivity contribution in [2.75, 3.05) is 13.1 Å². The zero-order valence-corrected chi connectivity index (χ0v) is 10.7. The molecule has 18 heavy (non-hydrogen) atoms. The number of carboxylic acid groups (broad SMARTS) is 1. The average Bonchev–Trinajstić information content (AvgIpc) is 2.30. The van der Waals surface area contributed by atoms with Crippen LogP contribution < -0.4 is 16.4 Å². The Labute approximate surface area is 106 Å². The maximum absolute atomic E-state index is 11.4. The molecule has 0 aromatic heterocycles. The smallest absolute Gasteiger partial charge is 0.303 e. The van der Waals surface area contributed by atoms with Crippen LogP contribution in [0, 0.1) is 5.92 Å². The minimum atomic E-state index is -0.902. The number of rotatable bonds is 8. The molecule has 2 amide bonds. The summed E-state index contributed by atoms with van der Waals surface area (Å²) in [5.74, 6) is -1.63. The normalized spacial score (nSPS) is 12.0. The summed E-state index contributed by atoms with van der Waals surface area (Å²) >= 11 is 0.